The van der Waals surface area contributed by atoms with E-state index in [-0.39, 0.29) is 0 Å². The van der Waals surface area contributed by atoms with Gasteiger partial charge in [-0.3, -0.25) is 0 Å². The molecule has 0 aliphatic carbocycles. The van der Waals surface area contributed by atoms with Crippen LogP contribution in [0.2, 0.25) is 0 Å². The number of nitrogens with one attached hydrogen (secondary N) is 1. The maximum atomic E-state index is 5.77. The van der Waals surface area contributed by atoms with E-state index in [0.717, 1.165) is 31.0 Å². The first-order valence-electron chi connectivity index (χ1n) is 7.01. The third kappa shape index (κ3) is 3.56. The van der Waals surface area contributed by atoms with E-state index in [1.807, 2.05) is 13.2 Å². The molecule has 1 N–H and O–H groups in total. The molecule has 102 valence electrons. The molecule has 0 spiro atoms. The minimum Gasteiger partial charge on any atom is -0.446 e. The van der Waals surface area contributed by atoms with Crippen LogP contribution in [0, 0.1) is 5.92 Å². The fourth-order valence-electron chi connectivity index (χ4n) is 2.55. The number of aromatic nitrogens is 1. The number of hydrogen-bond acceptors (Lipinski definition) is 4. The molecule has 18 heavy (non-hydrogen) atoms. The molecule has 2 heterocycles. The van der Waals surface area contributed by atoms with E-state index in [4.69, 9.17) is 4.42 Å². The van der Waals surface area contributed by atoms with Crippen molar-refractivity contribution in [2.45, 2.75) is 39.2 Å². The standard InChI is InChI=1S/C14H25N3O/c1-11(2)17-7-5-12(10-17)8-14-16-9-13(18-14)4-6-15-3/h9,11-12,15H,4-8,10H2,1-3H3. The van der Waals surface area contributed by atoms with Gasteiger partial charge in [-0.2, -0.15) is 0 Å². The third-order valence-electron chi connectivity index (χ3n) is 3.73. The van der Waals surface area contributed by atoms with Crippen molar-refractivity contribution in [1.82, 2.24) is 15.2 Å². The van der Waals surface area contributed by atoms with Crippen LogP contribution in [-0.4, -0.2) is 42.6 Å². The second-order valence-corrected chi connectivity index (χ2v) is 5.52. The number of hydrogen-bond donors (Lipinski definition) is 1. The second kappa shape index (κ2) is 6.34. The van der Waals surface area contributed by atoms with Gasteiger partial charge in [0.2, 0.25) is 0 Å². The van der Waals surface area contributed by atoms with Crippen molar-refractivity contribution >= 4 is 0 Å². The summed E-state index contributed by atoms with van der Waals surface area (Å²) in [6.07, 6.45) is 5.06. The summed E-state index contributed by atoms with van der Waals surface area (Å²) in [4.78, 5) is 6.93. The second-order valence-electron chi connectivity index (χ2n) is 5.52. The van der Waals surface area contributed by atoms with Gasteiger partial charge in [0, 0.05) is 32.0 Å². The van der Waals surface area contributed by atoms with Gasteiger partial charge in [-0.1, -0.05) is 0 Å². The maximum Gasteiger partial charge on any atom is 0.194 e. The quantitative estimate of drug-likeness (QED) is 0.835. The molecule has 1 fully saturated rings. The number of likely N-dealkylation sites (N-methyl/N-ethyl adjacent to an activating group) is 1. The van der Waals surface area contributed by atoms with Crippen LogP contribution in [0.3, 0.4) is 0 Å². The van der Waals surface area contributed by atoms with Crippen LogP contribution in [0.25, 0.3) is 0 Å². The Kier molecular flexibility index (Phi) is 4.78. The zero-order valence-electron chi connectivity index (χ0n) is 11.8. The molecule has 0 bridgehead atoms. The lowest BCUT2D eigenvalue weighted by Crippen LogP contribution is -2.28. The van der Waals surface area contributed by atoms with Crippen LogP contribution in [0.4, 0.5) is 0 Å². The Morgan fingerprint density at radius 2 is 2.39 bits per heavy atom. The summed E-state index contributed by atoms with van der Waals surface area (Å²) < 4.78 is 5.77. The molecule has 1 aliphatic heterocycles. The number of nitrogens with zero attached hydrogens (tertiary/aromatic N) is 2. The molecule has 0 amide bonds. The molecule has 1 saturated heterocycles. The molecule has 0 aromatic carbocycles. The summed E-state index contributed by atoms with van der Waals surface area (Å²) in [5, 5.41) is 3.12. The topological polar surface area (TPSA) is 41.3 Å². The summed E-state index contributed by atoms with van der Waals surface area (Å²) in [6, 6.07) is 0.658. The van der Waals surface area contributed by atoms with Crippen LogP contribution in [0.1, 0.15) is 31.9 Å². The Balaban J connectivity index is 1.81. The van der Waals surface area contributed by atoms with Gasteiger partial charge in [0.15, 0.2) is 5.89 Å². The summed E-state index contributed by atoms with van der Waals surface area (Å²) in [5.41, 5.74) is 0. The minimum atomic E-state index is 0.658. The van der Waals surface area contributed by atoms with Gasteiger partial charge < -0.3 is 14.6 Å². The largest absolute Gasteiger partial charge is 0.446 e. The Bertz CT molecular complexity index is 362. The molecule has 0 saturated carbocycles. The van der Waals surface area contributed by atoms with E-state index in [0.29, 0.717) is 12.0 Å². The predicted octanol–water partition coefficient (Wildman–Crippen LogP) is 1.71. The van der Waals surface area contributed by atoms with E-state index in [1.54, 1.807) is 0 Å². The highest BCUT2D eigenvalue weighted by Crippen LogP contribution is 2.22. The van der Waals surface area contributed by atoms with E-state index < -0.39 is 0 Å². The lowest BCUT2D eigenvalue weighted by Gasteiger charge is -2.19. The molecular weight excluding hydrogens is 226 g/mol. The van der Waals surface area contributed by atoms with Gasteiger partial charge in [-0.25, -0.2) is 4.98 Å². The normalized spacial score (nSPS) is 21.0. The monoisotopic (exact) mass is 251 g/mol. The highest BCUT2D eigenvalue weighted by Gasteiger charge is 2.25. The first-order valence-corrected chi connectivity index (χ1v) is 7.01. The van der Waals surface area contributed by atoms with Gasteiger partial charge in [0.1, 0.15) is 5.76 Å². The first kappa shape index (κ1) is 13.6. The molecule has 1 aromatic rings. The van der Waals surface area contributed by atoms with E-state index >= 15 is 0 Å². The molecule has 4 heteroatoms. The average Bonchev–Trinajstić information content (AvgIpc) is 2.96. The van der Waals surface area contributed by atoms with Crippen molar-refractivity contribution < 1.29 is 4.42 Å². The van der Waals surface area contributed by atoms with Crippen LogP contribution in [0.15, 0.2) is 10.6 Å². The summed E-state index contributed by atoms with van der Waals surface area (Å²) in [7, 11) is 1.95. The van der Waals surface area contributed by atoms with Crippen LogP contribution >= 0.6 is 0 Å². The lowest BCUT2D eigenvalue weighted by molar-refractivity contribution is 0.262. The van der Waals surface area contributed by atoms with Crippen molar-refractivity contribution in [3.8, 4) is 0 Å². The molecule has 2 rings (SSSR count). The fourth-order valence-corrected chi connectivity index (χ4v) is 2.55. The van der Waals surface area contributed by atoms with Gasteiger partial charge >= 0.3 is 0 Å². The average molecular weight is 251 g/mol. The van der Waals surface area contributed by atoms with Crippen molar-refractivity contribution in [3.63, 3.8) is 0 Å². The van der Waals surface area contributed by atoms with Crippen molar-refractivity contribution in [2.75, 3.05) is 26.7 Å². The van der Waals surface area contributed by atoms with Gasteiger partial charge in [-0.05, 0) is 39.8 Å². The molecule has 1 unspecified atom stereocenters. The predicted molar refractivity (Wildman–Crippen MR) is 72.7 cm³/mol. The smallest absolute Gasteiger partial charge is 0.194 e. The summed E-state index contributed by atoms with van der Waals surface area (Å²) in [6.45, 7) is 7.88. The van der Waals surface area contributed by atoms with Crippen LogP contribution in [0.5, 0.6) is 0 Å². The van der Waals surface area contributed by atoms with Gasteiger partial charge in [-0.15, -0.1) is 0 Å². The Morgan fingerprint density at radius 1 is 1.56 bits per heavy atom. The number of likely N-dealkylation sites (tertiary alicyclic amines) is 1. The van der Waals surface area contributed by atoms with E-state index in [9.17, 15) is 0 Å². The highest BCUT2D eigenvalue weighted by atomic mass is 16.4. The summed E-state index contributed by atoms with van der Waals surface area (Å²) >= 11 is 0. The Hall–Kier alpha value is -0.870. The minimum absolute atomic E-state index is 0.658. The molecule has 0 radical (unpaired) electrons. The highest BCUT2D eigenvalue weighted by molar-refractivity contribution is 4.96. The van der Waals surface area contributed by atoms with Crippen molar-refractivity contribution in [1.29, 1.82) is 0 Å². The molecule has 1 aromatic heterocycles. The first-order chi connectivity index (χ1) is 8.69. The summed E-state index contributed by atoms with van der Waals surface area (Å²) in [5.74, 6) is 2.62. The Morgan fingerprint density at radius 3 is 3.06 bits per heavy atom. The molecule has 1 atom stereocenters. The maximum absolute atomic E-state index is 5.77. The molecule has 4 nitrogen and oxygen atoms in total. The third-order valence-corrected chi connectivity index (χ3v) is 3.73. The fraction of sp³-hybridized carbons (Fsp3) is 0.786. The SMILES string of the molecule is CNCCc1cnc(CC2CCN(C(C)C)C2)o1. The van der Waals surface area contributed by atoms with Crippen molar-refractivity contribution in [3.05, 3.63) is 17.8 Å². The Labute approximate surface area is 110 Å². The lowest BCUT2D eigenvalue weighted by atomic mass is 10.1. The zero-order valence-corrected chi connectivity index (χ0v) is 11.8. The van der Waals surface area contributed by atoms with Crippen LogP contribution < -0.4 is 5.32 Å². The van der Waals surface area contributed by atoms with Crippen LogP contribution in [-0.2, 0) is 12.8 Å². The number of oxazole rings is 1. The van der Waals surface area contributed by atoms with Gasteiger partial charge in [0.25, 0.3) is 0 Å². The molecular formula is C14H25N3O. The number of rotatable bonds is 6. The van der Waals surface area contributed by atoms with Gasteiger partial charge in [0.05, 0.1) is 6.20 Å². The molecule has 1 aliphatic rings. The van der Waals surface area contributed by atoms with Crippen molar-refractivity contribution in [2.24, 2.45) is 5.92 Å². The zero-order chi connectivity index (χ0) is 13.0. The van der Waals surface area contributed by atoms with E-state index in [1.165, 1.54) is 19.5 Å². The van der Waals surface area contributed by atoms with E-state index in [2.05, 4.69) is 29.0 Å².